The molecular weight excluding hydrogens is 250 g/mol. The number of oxime groups is 1. The second-order valence-electron chi connectivity index (χ2n) is 4.86. The molecule has 1 N–H and O–H groups in total. The first-order chi connectivity index (χ1) is 8.74. The minimum atomic E-state index is -0.839. The van der Waals surface area contributed by atoms with Crippen molar-refractivity contribution < 1.29 is 18.8 Å². The number of carbonyl (C=O) groups is 2. The molecular formula is C12H17N3O4. The van der Waals surface area contributed by atoms with Gasteiger partial charge in [-0.1, -0.05) is 5.16 Å². The largest absolute Gasteiger partial charge is 0.435 e. The van der Waals surface area contributed by atoms with Crippen LogP contribution < -0.4 is 5.32 Å². The van der Waals surface area contributed by atoms with Crippen molar-refractivity contribution in [1.82, 2.24) is 10.3 Å². The molecule has 19 heavy (non-hydrogen) atoms. The average molecular weight is 267 g/mol. The van der Waals surface area contributed by atoms with Gasteiger partial charge >= 0.3 is 5.97 Å². The lowest BCUT2D eigenvalue weighted by atomic mass is 10.1. The van der Waals surface area contributed by atoms with Crippen molar-refractivity contribution in [2.45, 2.75) is 40.2 Å². The zero-order valence-electron chi connectivity index (χ0n) is 11.6. The Balaban J connectivity index is 3.02. The quantitative estimate of drug-likeness (QED) is 0.510. The average Bonchev–Trinajstić information content (AvgIpc) is 2.66. The van der Waals surface area contributed by atoms with Crippen LogP contribution in [-0.2, 0) is 4.84 Å². The number of aromatic nitrogens is 1. The summed E-state index contributed by atoms with van der Waals surface area (Å²) in [5, 5.41) is 6.03. The fourth-order valence-corrected chi connectivity index (χ4v) is 1.26. The third-order valence-electron chi connectivity index (χ3n) is 1.86. The van der Waals surface area contributed by atoms with Crippen LogP contribution in [0.1, 0.15) is 54.6 Å². The van der Waals surface area contributed by atoms with Crippen molar-refractivity contribution in [3.05, 3.63) is 17.3 Å². The number of hydrogen-bond donors (Lipinski definition) is 1. The molecule has 7 nitrogen and oxygen atoms in total. The summed E-state index contributed by atoms with van der Waals surface area (Å²) >= 11 is 0. The highest BCUT2D eigenvalue weighted by atomic mass is 16.7. The van der Waals surface area contributed by atoms with E-state index in [1.54, 1.807) is 6.92 Å². The molecule has 104 valence electrons. The summed E-state index contributed by atoms with van der Waals surface area (Å²) < 4.78 is 5.15. The van der Waals surface area contributed by atoms with E-state index >= 15 is 0 Å². The Morgan fingerprint density at radius 3 is 2.58 bits per heavy atom. The van der Waals surface area contributed by atoms with Crippen LogP contribution in [0.25, 0.3) is 0 Å². The Morgan fingerprint density at radius 2 is 2.05 bits per heavy atom. The van der Waals surface area contributed by atoms with Gasteiger partial charge in [-0.3, -0.25) is 4.79 Å². The highest BCUT2D eigenvalue weighted by molar-refractivity contribution is 6.02. The summed E-state index contributed by atoms with van der Waals surface area (Å²) in [6, 6.07) is 0. The SMILES string of the molecule is CC=NOC(=O)c1nc(C)oc1C(=O)NC(C)(C)C. The van der Waals surface area contributed by atoms with E-state index < -0.39 is 17.4 Å². The summed E-state index contributed by atoms with van der Waals surface area (Å²) in [6.07, 6.45) is 1.31. The van der Waals surface area contributed by atoms with Gasteiger partial charge in [0.2, 0.25) is 11.5 Å². The van der Waals surface area contributed by atoms with Gasteiger partial charge in [0.15, 0.2) is 5.89 Å². The molecule has 1 aromatic heterocycles. The van der Waals surface area contributed by atoms with Gasteiger partial charge in [0.25, 0.3) is 5.91 Å². The molecule has 1 rings (SSSR count). The predicted molar refractivity (Wildman–Crippen MR) is 68.0 cm³/mol. The standard InChI is InChI=1S/C12H17N3O4/c1-6-13-19-11(17)8-9(18-7(2)14-8)10(16)15-12(3,4)5/h6H,1-5H3,(H,15,16). The maximum Gasteiger partial charge on any atom is 0.388 e. The minimum absolute atomic E-state index is 0.177. The van der Waals surface area contributed by atoms with Crippen molar-refractivity contribution in [2.75, 3.05) is 0 Å². The summed E-state index contributed by atoms with van der Waals surface area (Å²) in [5.41, 5.74) is -0.648. The van der Waals surface area contributed by atoms with E-state index in [1.807, 2.05) is 20.8 Å². The van der Waals surface area contributed by atoms with Crippen LogP contribution in [0.3, 0.4) is 0 Å². The van der Waals surface area contributed by atoms with Gasteiger partial charge in [-0.25, -0.2) is 9.78 Å². The molecule has 0 aliphatic heterocycles. The number of nitrogens with zero attached hydrogens (tertiary/aromatic N) is 2. The van der Waals surface area contributed by atoms with Gasteiger partial charge in [0.05, 0.1) is 0 Å². The molecule has 7 heteroatoms. The third-order valence-corrected chi connectivity index (χ3v) is 1.86. The lowest BCUT2D eigenvalue weighted by molar-refractivity contribution is 0.0506. The smallest absolute Gasteiger partial charge is 0.388 e. The number of oxazole rings is 1. The highest BCUT2D eigenvalue weighted by Crippen LogP contribution is 2.13. The number of aryl methyl sites for hydroxylation is 1. The molecule has 0 unspecified atom stereocenters. The molecule has 0 fully saturated rings. The van der Waals surface area contributed by atoms with Gasteiger partial charge in [0.1, 0.15) is 0 Å². The first kappa shape index (κ1) is 14.9. The van der Waals surface area contributed by atoms with Crippen LogP contribution in [0.4, 0.5) is 0 Å². The number of amides is 1. The van der Waals surface area contributed by atoms with E-state index in [0.717, 1.165) is 0 Å². The zero-order valence-corrected chi connectivity index (χ0v) is 11.6. The topological polar surface area (TPSA) is 93.8 Å². The van der Waals surface area contributed by atoms with E-state index in [4.69, 9.17) is 4.42 Å². The molecule has 1 aromatic rings. The molecule has 0 saturated carbocycles. The fraction of sp³-hybridized carbons (Fsp3) is 0.500. The number of rotatable bonds is 3. The van der Waals surface area contributed by atoms with E-state index in [0.29, 0.717) is 0 Å². The molecule has 1 heterocycles. The Kier molecular flexibility index (Phi) is 4.42. The predicted octanol–water partition coefficient (Wildman–Crippen LogP) is 1.67. The number of carbonyl (C=O) groups excluding carboxylic acids is 2. The second kappa shape index (κ2) is 5.64. The molecule has 0 aliphatic carbocycles. The molecule has 0 aromatic carbocycles. The lowest BCUT2D eigenvalue weighted by Crippen LogP contribution is -2.41. The van der Waals surface area contributed by atoms with E-state index in [9.17, 15) is 9.59 Å². The monoisotopic (exact) mass is 267 g/mol. The van der Waals surface area contributed by atoms with Gasteiger partial charge in [-0.05, 0) is 27.7 Å². The maximum absolute atomic E-state index is 12.0. The van der Waals surface area contributed by atoms with Crippen molar-refractivity contribution in [3.63, 3.8) is 0 Å². The number of hydrogen-bond acceptors (Lipinski definition) is 6. The Morgan fingerprint density at radius 1 is 1.42 bits per heavy atom. The van der Waals surface area contributed by atoms with E-state index in [-0.39, 0.29) is 17.3 Å². The first-order valence-corrected chi connectivity index (χ1v) is 5.74. The summed E-state index contributed by atoms with van der Waals surface area (Å²) in [7, 11) is 0. The fourth-order valence-electron chi connectivity index (χ4n) is 1.26. The van der Waals surface area contributed by atoms with Crippen molar-refractivity contribution in [3.8, 4) is 0 Å². The maximum atomic E-state index is 12.0. The molecule has 0 saturated heterocycles. The Bertz CT molecular complexity index is 512. The Labute approximate surface area is 111 Å². The second-order valence-corrected chi connectivity index (χ2v) is 4.86. The molecule has 0 spiro atoms. The molecule has 0 radical (unpaired) electrons. The molecule has 1 amide bonds. The molecule has 0 bridgehead atoms. The van der Waals surface area contributed by atoms with Gasteiger partial charge in [-0.2, -0.15) is 0 Å². The number of nitrogens with one attached hydrogen (secondary N) is 1. The highest BCUT2D eigenvalue weighted by Gasteiger charge is 2.28. The van der Waals surface area contributed by atoms with Crippen molar-refractivity contribution in [2.24, 2.45) is 5.16 Å². The van der Waals surface area contributed by atoms with Gasteiger partial charge < -0.3 is 14.6 Å². The van der Waals surface area contributed by atoms with Crippen molar-refractivity contribution in [1.29, 1.82) is 0 Å². The van der Waals surface area contributed by atoms with E-state index in [1.165, 1.54) is 13.1 Å². The molecule has 0 aliphatic rings. The lowest BCUT2D eigenvalue weighted by Gasteiger charge is -2.19. The normalized spacial score (nSPS) is 11.6. The van der Waals surface area contributed by atoms with Crippen molar-refractivity contribution >= 4 is 18.1 Å². The summed E-state index contributed by atoms with van der Waals surface area (Å²) in [6.45, 7) is 8.57. The van der Waals surface area contributed by atoms with Crippen LogP contribution in [0.15, 0.2) is 9.57 Å². The van der Waals surface area contributed by atoms with Crippen LogP contribution in [0, 0.1) is 6.92 Å². The van der Waals surface area contributed by atoms with Crippen LogP contribution in [0.5, 0.6) is 0 Å². The van der Waals surface area contributed by atoms with Crippen LogP contribution in [-0.4, -0.2) is 28.6 Å². The molecule has 0 atom stereocenters. The minimum Gasteiger partial charge on any atom is -0.435 e. The third kappa shape index (κ3) is 4.20. The zero-order chi connectivity index (χ0) is 14.6. The first-order valence-electron chi connectivity index (χ1n) is 5.74. The summed E-state index contributed by atoms with van der Waals surface area (Å²) in [4.78, 5) is 32.0. The van der Waals surface area contributed by atoms with Gasteiger partial charge in [0, 0.05) is 18.7 Å². The van der Waals surface area contributed by atoms with E-state index in [2.05, 4.69) is 20.3 Å². The Hall–Kier alpha value is -2.18. The summed E-state index contributed by atoms with van der Waals surface area (Å²) in [5.74, 6) is -1.34. The van der Waals surface area contributed by atoms with Crippen LogP contribution >= 0.6 is 0 Å². The van der Waals surface area contributed by atoms with Gasteiger partial charge in [-0.15, -0.1) is 0 Å². The van der Waals surface area contributed by atoms with Crippen LogP contribution in [0.2, 0.25) is 0 Å².